The number of nitrogens with one attached hydrogen (secondary N) is 1. The van der Waals surface area contributed by atoms with E-state index in [0.717, 1.165) is 39.3 Å². The predicted molar refractivity (Wildman–Crippen MR) is 96.4 cm³/mol. The first-order chi connectivity index (χ1) is 10.7. The molecule has 0 aliphatic carbocycles. The molecule has 0 rings (SSSR count). The first-order valence-electron chi connectivity index (χ1n) is 8.10. The number of nitrogens with two attached hydrogens (primary N) is 3. The molecule has 0 radical (unpaired) electrons. The van der Waals surface area contributed by atoms with Crippen LogP contribution in [0.25, 0.3) is 0 Å². The minimum absolute atomic E-state index is 0.372. The number of amides is 1. The molecule has 0 unspecified atom stereocenters. The Morgan fingerprint density at radius 1 is 0.913 bits per heavy atom. The average Bonchev–Trinajstić information content (AvgIpc) is 2.38. The van der Waals surface area contributed by atoms with E-state index in [4.69, 9.17) is 21.9 Å². The largest absolute Gasteiger partial charge is 0.444 e. The van der Waals surface area contributed by atoms with Gasteiger partial charge in [-0.1, -0.05) is 0 Å². The van der Waals surface area contributed by atoms with Gasteiger partial charge >= 0.3 is 6.09 Å². The van der Waals surface area contributed by atoms with E-state index in [-0.39, 0.29) is 6.09 Å². The third-order valence-electron chi connectivity index (χ3n) is 2.69. The second-order valence-electron chi connectivity index (χ2n) is 6.40. The summed E-state index contributed by atoms with van der Waals surface area (Å²) in [5.41, 5.74) is 15.5. The molecule has 0 bridgehead atoms. The topological polar surface area (TPSA) is 123 Å². The number of likely N-dealkylation sites (N-methyl/N-ethyl adjacent to an activating group) is 2. The molecular formula is C15H38N6O2. The predicted octanol–water partition coefficient (Wildman–Crippen LogP) is -0.763. The second-order valence-corrected chi connectivity index (χ2v) is 6.40. The zero-order valence-electron chi connectivity index (χ0n) is 15.6. The fourth-order valence-electron chi connectivity index (χ4n) is 1.55. The van der Waals surface area contributed by atoms with Crippen molar-refractivity contribution in [1.82, 2.24) is 15.1 Å². The zero-order chi connectivity index (χ0) is 18.3. The minimum atomic E-state index is -0.437. The van der Waals surface area contributed by atoms with Crippen molar-refractivity contribution in [3.8, 4) is 0 Å². The lowest BCUT2D eigenvalue weighted by molar-refractivity contribution is 0.0524. The van der Waals surface area contributed by atoms with E-state index in [9.17, 15) is 4.79 Å². The van der Waals surface area contributed by atoms with E-state index in [0.29, 0.717) is 13.1 Å². The molecule has 0 spiro atoms. The molecule has 0 aliphatic heterocycles. The molecule has 0 atom stereocenters. The van der Waals surface area contributed by atoms with Gasteiger partial charge in [0.2, 0.25) is 0 Å². The second kappa shape index (κ2) is 14.6. The van der Waals surface area contributed by atoms with Gasteiger partial charge in [-0.15, -0.1) is 0 Å². The molecule has 0 aliphatic rings. The molecule has 0 heterocycles. The van der Waals surface area contributed by atoms with Crippen LogP contribution in [0.15, 0.2) is 0 Å². The Labute approximate surface area is 141 Å². The highest BCUT2D eigenvalue weighted by atomic mass is 16.6. The van der Waals surface area contributed by atoms with Crippen LogP contribution in [0.2, 0.25) is 0 Å². The number of hydrogen-bond acceptors (Lipinski definition) is 7. The summed E-state index contributed by atoms with van der Waals surface area (Å²) in [4.78, 5) is 15.4. The number of rotatable bonds is 9. The Morgan fingerprint density at radius 2 is 1.30 bits per heavy atom. The first kappa shape index (κ1) is 24.3. The maximum atomic E-state index is 11.2. The molecule has 0 aromatic carbocycles. The summed E-state index contributed by atoms with van der Waals surface area (Å²) in [5.74, 6) is 0. The van der Waals surface area contributed by atoms with Gasteiger partial charge in [-0.2, -0.15) is 0 Å². The van der Waals surface area contributed by atoms with Crippen molar-refractivity contribution in [2.24, 2.45) is 17.2 Å². The maximum Gasteiger partial charge on any atom is 0.407 e. The molecule has 1 amide bonds. The van der Waals surface area contributed by atoms with E-state index in [1.807, 2.05) is 34.9 Å². The zero-order valence-corrected chi connectivity index (χ0v) is 15.6. The molecule has 0 aromatic heterocycles. The molecule has 7 N–H and O–H groups in total. The van der Waals surface area contributed by atoms with E-state index >= 15 is 0 Å². The summed E-state index contributed by atoms with van der Waals surface area (Å²) in [6, 6.07) is 0. The lowest BCUT2D eigenvalue weighted by atomic mass is 10.2. The molecule has 0 saturated heterocycles. The van der Waals surface area contributed by atoms with E-state index in [1.165, 1.54) is 0 Å². The molecule has 0 fully saturated rings. The third kappa shape index (κ3) is 21.1. The van der Waals surface area contributed by atoms with E-state index < -0.39 is 5.60 Å². The van der Waals surface area contributed by atoms with Crippen molar-refractivity contribution in [2.45, 2.75) is 26.4 Å². The summed E-state index contributed by atoms with van der Waals surface area (Å²) < 4.78 is 5.09. The van der Waals surface area contributed by atoms with E-state index in [1.54, 1.807) is 0 Å². The maximum absolute atomic E-state index is 11.2. The highest BCUT2D eigenvalue weighted by molar-refractivity contribution is 5.67. The van der Waals surface area contributed by atoms with Crippen molar-refractivity contribution >= 4 is 6.09 Å². The summed E-state index contributed by atoms with van der Waals surface area (Å²) in [6.07, 6.45) is -0.372. The van der Waals surface area contributed by atoms with Crippen LogP contribution in [-0.2, 0) is 4.74 Å². The van der Waals surface area contributed by atoms with Crippen LogP contribution in [0.3, 0.4) is 0 Å². The lowest BCUT2D eigenvalue weighted by Crippen LogP contribution is -2.38. The Balaban J connectivity index is 0. The van der Waals surface area contributed by atoms with Crippen LogP contribution < -0.4 is 22.5 Å². The van der Waals surface area contributed by atoms with Crippen molar-refractivity contribution in [3.05, 3.63) is 0 Å². The van der Waals surface area contributed by atoms with Gasteiger partial charge in [0.25, 0.3) is 0 Å². The number of nitrogens with zero attached hydrogens (tertiary/aromatic N) is 2. The van der Waals surface area contributed by atoms with Gasteiger partial charge in [0.15, 0.2) is 0 Å². The first-order valence-corrected chi connectivity index (χ1v) is 8.10. The number of hydrogen-bond donors (Lipinski definition) is 4. The van der Waals surface area contributed by atoms with E-state index in [2.05, 4.69) is 15.1 Å². The SMILES string of the molecule is CN(CCN)CCN.CN(CCN)CCNC(=O)OC(C)(C)C. The van der Waals surface area contributed by atoms with Crippen molar-refractivity contribution in [1.29, 1.82) is 0 Å². The van der Waals surface area contributed by atoms with Gasteiger partial charge in [0.1, 0.15) is 5.60 Å². The minimum Gasteiger partial charge on any atom is -0.444 e. The van der Waals surface area contributed by atoms with Crippen LogP contribution in [0.5, 0.6) is 0 Å². The van der Waals surface area contributed by atoms with Crippen molar-refractivity contribution in [2.75, 3.05) is 66.5 Å². The smallest absolute Gasteiger partial charge is 0.407 e. The number of alkyl carbamates (subject to hydrolysis) is 1. The van der Waals surface area contributed by atoms with Crippen LogP contribution in [0.1, 0.15) is 20.8 Å². The number of ether oxygens (including phenoxy) is 1. The lowest BCUT2D eigenvalue weighted by Gasteiger charge is -2.20. The molecule has 8 heteroatoms. The van der Waals surface area contributed by atoms with Crippen molar-refractivity contribution in [3.63, 3.8) is 0 Å². The molecule has 140 valence electrons. The molecule has 0 aromatic rings. The van der Waals surface area contributed by atoms with Crippen LogP contribution in [0.4, 0.5) is 4.79 Å². The normalized spacial score (nSPS) is 11.2. The third-order valence-corrected chi connectivity index (χ3v) is 2.69. The Morgan fingerprint density at radius 3 is 1.65 bits per heavy atom. The Kier molecular flexibility index (Phi) is 15.5. The molecule has 23 heavy (non-hydrogen) atoms. The molecule has 8 nitrogen and oxygen atoms in total. The average molecular weight is 335 g/mol. The van der Waals surface area contributed by atoms with Gasteiger partial charge in [0, 0.05) is 52.4 Å². The fourth-order valence-corrected chi connectivity index (χ4v) is 1.55. The summed E-state index contributed by atoms with van der Waals surface area (Å²) in [5, 5.41) is 2.68. The summed E-state index contributed by atoms with van der Waals surface area (Å²) in [7, 11) is 3.98. The van der Waals surface area contributed by atoms with Gasteiger partial charge in [-0.05, 0) is 34.9 Å². The van der Waals surface area contributed by atoms with Gasteiger partial charge in [0.05, 0.1) is 0 Å². The Bertz CT molecular complexity index is 278. The molecular weight excluding hydrogens is 296 g/mol. The summed E-state index contributed by atoms with van der Waals surface area (Å²) in [6.45, 7) is 11.6. The van der Waals surface area contributed by atoms with Crippen LogP contribution in [0, 0.1) is 0 Å². The van der Waals surface area contributed by atoms with Crippen LogP contribution >= 0.6 is 0 Å². The van der Waals surface area contributed by atoms with Gasteiger partial charge in [-0.3, -0.25) is 0 Å². The monoisotopic (exact) mass is 334 g/mol. The fraction of sp³-hybridized carbons (Fsp3) is 0.933. The highest BCUT2D eigenvalue weighted by Crippen LogP contribution is 2.05. The number of carbonyl (C=O) groups excluding carboxylic acids is 1. The summed E-state index contributed by atoms with van der Waals surface area (Å²) >= 11 is 0. The molecule has 0 saturated carbocycles. The highest BCUT2D eigenvalue weighted by Gasteiger charge is 2.15. The van der Waals surface area contributed by atoms with Gasteiger partial charge in [-0.25, -0.2) is 4.79 Å². The number of carbonyl (C=O) groups is 1. The Hall–Kier alpha value is -0.930. The quantitative estimate of drug-likeness (QED) is 0.437. The van der Waals surface area contributed by atoms with Crippen molar-refractivity contribution < 1.29 is 9.53 Å². The standard InChI is InChI=1S/C10H23N3O2.C5H15N3/c1-10(2,3)15-9(14)12-6-8-13(4)7-5-11;1-8(4-2-6)5-3-7/h5-8,11H2,1-4H3,(H,12,14);2-7H2,1H3. The van der Waals surface area contributed by atoms with Crippen LogP contribution in [-0.4, -0.2) is 87.9 Å². The van der Waals surface area contributed by atoms with Gasteiger partial charge < -0.3 is 37.1 Å².